The van der Waals surface area contributed by atoms with Crippen LogP contribution >= 0.6 is 0 Å². The topological polar surface area (TPSA) is 29.5 Å². The van der Waals surface area contributed by atoms with Gasteiger partial charge in [0.1, 0.15) is 0 Å². The summed E-state index contributed by atoms with van der Waals surface area (Å²) in [5, 5.41) is 0. The van der Waals surface area contributed by atoms with Gasteiger partial charge in [0.05, 0.1) is 13.2 Å². The lowest BCUT2D eigenvalue weighted by Gasteiger charge is -2.21. The van der Waals surface area contributed by atoms with Gasteiger partial charge in [-0.3, -0.25) is 9.69 Å². The highest BCUT2D eigenvalue weighted by atomic mass is 16.5. The number of esters is 1. The molecule has 0 N–H and O–H groups in total. The molecule has 0 rings (SSSR count). The molecule has 0 aliphatic rings. The maximum atomic E-state index is 11.7. The Labute approximate surface area is 132 Å². The van der Waals surface area contributed by atoms with Gasteiger partial charge in [-0.2, -0.15) is 0 Å². The minimum absolute atomic E-state index is 0.0698. The Morgan fingerprint density at radius 1 is 0.762 bits per heavy atom. The molecule has 0 aliphatic heterocycles. The number of nitrogens with zero attached hydrogens (tertiary/aromatic N) is 1. The van der Waals surface area contributed by atoms with Crippen LogP contribution in [0.25, 0.3) is 0 Å². The summed E-state index contributed by atoms with van der Waals surface area (Å²) in [5.74, 6) is -0.0698. The van der Waals surface area contributed by atoms with Crippen LogP contribution in [0.5, 0.6) is 0 Å². The Bertz CT molecular complexity index is 217. The van der Waals surface area contributed by atoms with Crippen molar-refractivity contribution in [3.05, 3.63) is 0 Å². The lowest BCUT2D eigenvalue weighted by Crippen LogP contribution is -2.32. The maximum absolute atomic E-state index is 11.7. The van der Waals surface area contributed by atoms with Gasteiger partial charge in [0.25, 0.3) is 0 Å². The Balaban J connectivity index is 3.88. The van der Waals surface area contributed by atoms with Crippen molar-refractivity contribution in [2.75, 3.05) is 26.2 Å². The summed E-state index contributed by atoms with van der Waals surface area (Å²) in [6.45, 7) is 9.38. The SMILES string of the molecule is CCCCCCCN(CCCCCCC)CC(=O)OCC. The van der Waals surface area contributed by atoms with E-state index >= 15 is 0 Å². The molecule has 0 spiro atoms. The largest absolute Gasteiger partial charge is 0.465 e. The smallest absolute Gasteiger partial charge is 0.320 e. The van der Waals surface area contributed by atoms with E-state index < -0.39 is 0 Å². The van der Waals surface area contributed by atoms with Gasteiger partial charge in [-0.05, 0) is 32.9 Å². The summed E-state index contributed by atoms with van der Waals surface area (Å²) in [7, 11) is 0. The molecule has 21 heavy (non-hydrogen) atoms. The number of hydrogen-bond donors (Lipinski definition) is 0. The van der Waals surface area contributed by atoms with E-state index in [-0.39, 0.29) is 5.97 Å². The molecule has 3 nitrogen and oxygen atoms in total. The standard InChI is InChI=1S/C18H37NO2/c1-4-7-9-11-13-15-19(17-18(20)21-6-3)16-14-12-10-8-5-2/h4-17H2,1-3H3. The summed E-state index contributed by atoms with van der Waals surface area (Å²) >= 11 is 0. The lowest BCUT2D eigenvalue weighted by molar-refractivity contribution is -0.144. The van der Waals surface area contributed by atoms with Crippen molar-refractivity contribution in [2.24, 2.45) is 0 Å². The van der Waals surface area contributed by atoms with Gasteiger partial charge in [-0.25, -0.2) is 0 Å². The zero-order valence-electron chi connectivity index (χ0n) is 14.7. The van der Waals surface area contributed by atoms with E-state index in [2.05, 4.69) is 18.7 Å². The van der Waals surface area contributed by atoms with E-state index in [0.717, 1.165) is 13.1 Å². The molecule has 0 aromatic carbocycles. The molecule has 0 aromatic rings. The molecular weight excluding hydrogens is 262 g/mol. The van der Waals surface area contributed by atoms with Gasteiger partial charge in [0.2, 0.25) is 0 Å². The van der Waals surface area contributed by atoms with Gasteiger partial charge in [0.15, 0.2) is 0 Å². The molecule has 0 radical (unpaired) electrons. The molecule has 0 fully saturated rings. The fourth-order valence-electron chi connectivity index (χ4n) is 2.54. The molecule has 0 unspecified atom stereocenters. The molecule has 0 atom stereocenters. The van der Waals surface area contributed by atoms with Crippen molar-refractivity contribution >= 4 is 5.97 Å². The van der Waals surface area contributed by atoms with Crippen LogP contribution in [0.15, 0.2) is 0 Å². The minimum atomic E-state index is -0.0698. The fraction of sp³-hybridized carbons (Fsp3) is 0.944. The monoisotopic (exact) mass is 299 g/mol. The van der Waals surface area contributed by atoms with Crippen molar-refractivity contribution in [1.82, 2.24) is 4.90 Å². The third-order valence-corrected chi connectivity index (χ3v) is 3.81. The minimum Gasteiger partial charge on any atom is -0.465 e. The highest BCUT2D eigenvalue weighted by Crippen LogP contribution is 2.07. The van der Waals surface area contributed by atoms with Crippen molar-refractivity contribution < 1.29 is 9.53 Å². The van der Waals surface area contributed by atoms with Gasteiger partial charge in [-0.15, -0.1) is 0 Å². The molecule has 0 saturated heterocycles. The van der Waals surface area contributed by atoms with E-state index in [4.69, 9.17) is 4.74 Å². The van der Waals surface area contributed by atoms with Crippen molar-refractivity contribution in [2.45, 2.75) is 85.0 Å². The summed E-state index contributed by atoms with van der Waals surface area (Å²) in [5.41, 5.74) is 0. The fourth-order valence-corrected chi connectivity index (χ4v) is 2.54. The number of rotatable bonds is 15. The zero-order chi connectivity index (χ0) is 15.8. The van der Waals surface area contributed by atoms with Crippen LogP contribution in [-0.2, 0) is 9.53 Å². The number of carbonyl (C=O) groups is 1. The van der Waals surface area contributed by atoms with E-state index in [9.17, 15) is 4.79 Å². The first-order valence-electron chi connectivity index (χ1n) is 9.12. The molecule has 126 valence electrons. The average Bonchev–Trinajstić information content (AvgIpc) is 2.46. The van der Waals surface area contributed by atoms with Crippen LogP contribution in [0.3, 0.4) is 0 Å². The third kappa shape index (κ3) is 14.1. The highest BCUT2D eigenvalue weighted by molar-refractivity contribution is 5.71. The first-order chi connectivity index (χ1) is 10.2. The number of ether oxygens (including phenoxy) is 1. The Kier molecular flexibility index (Phi) is 15.4. The first-order valence-corrected chi connectivity index (χ1v) is 9.12. The quantitative estimate of drug-likeness (QED) is 0.321. The molecule has 0 aliphatic carbocycles. The van der Waals surface area contributed by atoms with Crippen molar-refractivity contribution in [3.63, 3.8) is 0 Å². The first kappa shape index (κ1) is 20.4. The van der Waals surface area contributed by atoms with E-state index in [1.165, 1.54) is 64.2 Å². The maximum Gasteiger partial charge on any atom is 0.320 e. The Morgan fingerprint density at radius 2 is 1.24 bits per heavy atom. The molecule has 0 aromatic heterocycles. The van der Waals surface area contributed by atoms with Gasteiger partial charge >= 0.3 is 5.97 Å². The van der Waals surface area contributed by atoms with E-state index in [1.807, 2.05) is 6.92 Å². The van der Waals surface area contributed by atoms with Crippen LogP contribution in [-0.4, -0.2) is 37.1 Å². The number of carbonyl (C=O) groups excluding carboxylic acids is 1. The van der Waals surface area contributed by atoms with Gasteiger partial charge in [0, 0.05) is 0 Å². The second-order valence-electron chi connectivity index (χ2n) is 5.91. The molecule has 0 amide bonds. The number of hydrogen-bond acceptors (Lipinski definition) is 3. The van der Waals surface area contributed by atoms with Crippen molar-refractivity contribution in [1.29, 1.82) is 0 Å². The van der Waals surface area contributed by atoms with E-state index in [0.29, 0.717) is 13.2 Å². The van der Waals surface area contributed by atoms with Gasteiger partial charge < -0.3 is 4.74 Å². The highest BCUT2D eigenvalue weighted by Gasteiger charge is 2.10. The Hall–Kier alpha value is -0.570. The molecule has 0 saturated carbocycles. The second-order valence-corrected chi connectivity index (χ2v) is 5.91. The molecule has 3 heteroatoms. The lowest BCUT2D eigenvalue weighted by atomic mass is 10.1. The normalized spacial score (nSPS) is 11.0. The van der Waals surface area contributed by atoms with Crippen LogP contribution in [0.2, 0.25) is 0 Å². The van der Waals surface area contributed by atoms with Crippen LogP contribution in [0, 0.1) is 0 Å². The van der Waals surface area contributed by atoms with E-state index in [1.54, 1.807) is 0 Å². The molecular formula is C18H37NO2. The van der Waals surface area contributed by atoms with Crippen LogP contribution < -0.4 is 0 Å². The van der Waals surface area contributed by atoms with Crippen LogP contribution in [0.1, 0.15) is 85.0 Å². The molecule has 0 bridgehead atoms. The summed E-state index contributed by atoms with van der Waals surface area (Å²) in [6, 6.07) is 0. The third-order valence-electron chi connectivity index (χ3n) is 3.81. The predicted octanol–water partition coefficient (Wildman–Crippen LogP) is 4.79. The Morgan fingerprint density at radius 3 is 1.67 bits per heavy atom. The molecule has 0 heterocycles. The summed E-state index contributed by atoms with van der Waals surface area (Å²) in [6.07, 6.45) is 12.8. The second kappa shape index (κ2) is 15.8. The predicted molar refractivity (Wildman–Crippen MR) is 90.6 cm³/mol. The zero-order valence-corrected chi connectivity index (χ0v) is 14.7. The summed E-state index contributed by atoms with van der Waals surface area (Å²) in [4.78, 5) is 13.9. The van der Waals surface area contributed by atoms with Crippen LogP contribution in [0.4, 0.5) is 0 Å². The summed E-state index contributed by atoms with van der Waals surface area (Å²) < 4.78 is 5.08. The number of unbranched alkanes of at least 4 members (excludes halogenated alkanes) is 8. The van der Waals surface area contributed by atoms with Gasteiger partial charge in [-0.1, -0.05) is 65.2 Å². The van der Waals surface area contributed by atoms with Crippen molar-refractivity contribution in [3.8, 4) is 0 Å². The average molecular weight is 299 g/mol.